The Morgan fingerprint density at radius 3 is 2.45 bits per heavy atom. The molecule has 1 fully saturated rings. The molecule has 33 heavy (non-hydrogen) atoms. The van der Waals surface area contributed by atoms with E-state index in [-0.39, 0.29) is 11.9 Å². The number of alkyl carbamates (subject to hydrolysis) is 1. The maximum Gasteiger partial charge on any atom is 0.407 e. The number of carbonyl (C=O) groups excluding carboxylic acids is 1. The predicted molar refractivity (Wildman–Crippen MR) is 129 cm³/mol. The highest BCUT2D eigenvalue weighted by atomic mass is 35.5. The third-order valence-corrected chi connectivity index (χ3v) is 5.97. The monoisotopic (exact) mass is 477 g/mol. The molecule has 1 aliphatic rings. The molecule has 0 atom stereocenters. The van der Waals surface area contributed by atoms with Gasteiger partial charge in [-0.05, 0) is 69.9 Å². The molecule has 0 saturated heterocycles. The van der Waals surface area contributed by atoms with E-state index in [0.29, 0.717) is 42.4 Å². The van der Waals surface area contributed by atoms with Gasteiger partial charge in [0.1, 0.15) is 5.60 Å². The van der Waals surface area contributed by atoms with Gasteiger partial charge in [-0.25, -0.2) is 14.2 Å². The SMILES string of the molecule is CC(C)(C)OC(=O)NCC1CCC(CNc2nc(NCc3ccccc3Cl)ncc2F)CC1. The molecule has 1 saturated carbocycles. The van der Waals surface area contributed by atoms with E-state index in [0.717, 1.165) is 31.2 Å². The van der Waals surface area contributed by atoms with E-state index >= 15 is 0 Å². The summed E-state index contributed by atoms with van der Waals surface area (Å²) < 4.78 is 19.5. The molecule has 2 aromatic rings. The average molecular weight is 478 g/mol. The molecule has 1 aliphatic carbocycles. The van der Waals surface area contributed by atoms with Gasteiger partial charge < -0.3 is 20.7 Å². The fourth-order valence-corrected chi connectivity index (χ4v) is 4.02. The Morgan fingerprint density at radius 2 is 1.79 bits per heavy atom. The minimum atomic E-state index is -0.492. The van der Waals surface area contributed by atoms with Crippen molar-refractivity contribution in [3.8, 4) is 0 Å². The molecule has 3 N–H and O–H groups in total. The minimum absolute atomic E-state index is 0.195. The summed E-state index contributed by atoms with van der Waals surface area (Å²) in [6.45, 7) is 7.27. The number of ether oxygens (including phenoxy) is 1. The van der Waals surface area contributed by atoms with Crippen LogP contribution >= 0.6 is 11.6 Å². The summed E-state index contributed by atoms with van der Waals surface area (Å²) in [6, 6.07) is 7.51. The van der Waals surface area contributed by atoms with Crippen LogP contribution in [0, 0.1) is 17.7 Å². The Bertz CT molecular complexity index is 929. The zero-order chi connectivity index (χ0) is 23.8. The lowest BCUT2D eigenvalue weighted by molar-refractivity contribution is 0.0513. The lowest BCUT2D eigenvalue weighted by Gasteiger charge is -2.29. The number of halogens is 2. The number of aromatic nitrogens is 2. The number of hydrogen-bond acceptors (Lipinski definition) is 6. The number of nitrogens with zero attached hydrogens (tertiary/aromatic N) is 2. The molecule has 1 aromatic heterocycles. The van der Waals surface area contributed by atoms with Crippen LogP contribution < -0.4 is 16.0 Å². The first kappa shape index (κ1) is 25.0. The van der Waals surface area contributed by atoms with Crippen molar-refractivity contribution in [3.63, 3.8) is 0 Å². The molecule has 0 bridgehead atoms. The first-order valence-corrected chi connectivity index (χ1v) is 11.8. The molecule has 3 rings (SSSR count). The van der Waals surface area contributed by atoms with E-state index in [1.165, 1.54) is 6.20 Å². The van der Waals surface area contributed by atoms with Gasteiger partial charge in [0, 0.05) is 24.7 Å². The first-order valence-electron chi connectivity index (χ1n) is 11.4. The summed E-state index contributed by atoms with van der Waals surface area (Å²) in [5.41, 5.74) is 0.424. The van der Waals surface area contributed by atoms with Gasteiger partial charge in [0.2, 0.25) is 5.95 Å². The molecule has 0 radical (unpaired) electrons. The fraction of sp³-hybridized carbons (Fsp3) is 0.542. The number of benzene rings is 1. The van der Waals surface area contributed by atoms with Crippen LogP contribution in [-0.4, -0.2) is 34.8 Å². The summed E-state index contributed by atoms with van der Waals surface area (Å²) in [5.74, 6) is 0.923. The van der Waals surface area contributed by atoms with Crippen LogP contribution in [0.1, 0.15) is 52.0 Å². The quantitative estimate of drug-likeness (QED) is 0.457. The van der Waals surface area contributed by atoms with Crippen molar-refractivity contribution in [1.82, 2.24) is 15.3 Å². The summed E-state index contributed by atoms with van der Waals surface area (Å²) >= 11 is 6.17. The first-order chi connectivity index (χ1) is 15.7. The molecule has 9 heteroatoms. The molecule has 1 heterocycles. The van der Waals surface area contributed by atoms with Crippen molar-refractivity contribution >= 4 is 29.5 Å². The van der Waals surface area contributed by atoms with Crippen LogP contribution in [0.3, 0.4) is 0 Å². The number of rotatable bonds is 8. The average Bonchev–Trinajstić information content (AvgIpc) is 2.77. The summed E-state index contributed by atoms with van der Waals surface area (Å²) in [5, 5.41) is 9.75. The van der Waals surface area contributed by atoms with Crippen molar-refractivity contribution < 1.29 is 13.9 Å². The lowest BCUT2D eigenvalue weighted by atomic mass is 9.82. The van der Waals surface area contributed by atoms with E-state index in [4.69, 9.17) is 16.3 Å². The summed E-state index contributed by atoms with van der Waals surface area (Å²) in [4.78, 5) is 20.1. The zero-order valence-corrected chi connectivity index (χ0v) is 20.2. The summed E-state index contributed by atoms with van der Waals surface area (Å²) in [6.07, 6.45) is 4.85. The highest BCUT2D eigenvalue weighted by Gasteiger charge is 2.23. The predicted octanol–water partition coefficient (Wildman–Crippen LogP) is 5.62. The Labute approximate surface area is 199 Å². The van der Waals surface area contributed by atoms with Gasteiger partial charge in [0.25, 0.3) is 0 Å². The van der Waals surface area contributed by atoms with Crippen LogP contribution in [0.2, 0.25) is 5.02 Å². The van der Waals surface area contributed by atoms with Crippen molar-refractivity contribution in [2.75, 3.05) is 23.7 Å². The van der Waals surface area contributed by atoms with E-state index in [1.54, 1.807) is 0 Å². The largest absolute Gasteiger partial charge is 0.444 e. The molecule has 0 unspecified atom stereocenters. The maximum atomic E-state index is 14.2. The van der Waals surface area contributed by atoms with Crippen molar-refractivity contribution in [1.29, 1.82) is 0 Å². The van der Waals surface area contributed by atoms with Gasteiger partial charge in [-0.15, -0.1) is 0 Å². The Morgan fingerprint density at radius 1 is 1.12 bits per heavy atom. The molecular weight excluding hydrogens is 445 g/mol. The highest BCUT2D eigenvalue weighted by Crippen LogP contribution is 2.29. The van der Waals surface area contributed by atoms with Crippen LogP contribution in [0.15, 0.2) is 30.5 Å². The highest BCUT2D eigenvalue weighted by molar-refractivity contribution is 6.31. The van der Waals surface area contributed by atoms with Gasteiger partial charge >= 0.3 is 6.09 Å². The maximum absolute atomic E-state index is 14.2. The zero-order valence-electron chi connectivity index (χ0n) is 19.5. The molecule has 1 aromatic carbocycles. The molecular formula is C24H33ClFN5O2. The third kappa shape index (κ3) is 8.35. The van der Waals surface area contributed by atoms with E-state index < -0.39 is 11.4 Å². The lowest BCUT2D eigenvalue weighted by Crippen LogP contribution is -2.36. The summed E-state index contributed by atoms with van der Waals surface area (Å²) in [7, 11) is 0. The van der Waals surface area contributed by atoms with Crippen LogP contribution in [0.25, 0.3) is 0 Å². The topological polar surface area (TPSA) is 88.2 Å². The van der Waals surface area contributed by atoms with E-state index in [1.807, 2.05) is 45.0 Å². The van der Waals surface area contributed by atoms with Crippen molar-refractivity contribution in [3.05, 3.63) is 46.9 Å². The number of nitrogens with one attached hydrogen (secondary N) is 3. The minimum Gasteiger partial charge on any atom is -0.444 e. The molecule has 180 valence electrons. The van der Waals surface area contributed by atoms with Gasteiger partial charge in [0.15, 0.2) is 11.6 Å². The number of anilines is 2. The van der Waals surface area contributed by atoms with E-state index in [2.05, 4.69) is 25.9 Å². The van der Waals surface area contributed by atoms with Crippen molar-refractivity contribution in [2.24, 2.45) is 11.8 Å². The molecule has 0 aliphatic heterocycles. The second-order valence-electron chi connectivity index (χ2n) is 9.49. The Hall–Kier alpha value is -2.61. The van der Waals surface area contributed by atoms with Gasteiger partial charge in [0.05, 0.1) is 6.20 Å². The molecule has 0 spiro atoms. The van der Waals surface area contributed by atoms with Crippen LogP contribution in [-0.2, 0) is 11.3 Å². The van der Waals surface area contributed by atoms with E-state index in [9.17, 15) is 9.18 Å². The third-order valence-electron chi connectivity index (χ3n) is 5.60. The van der Waals surface area contributed by atoms with Crippen LogP contribution in [0.5, 0.6) is 0 Å². The van der Waals surface area contributed by atoms with Crippen LogP contribution in [0.4, 0.5) is 21.0 Å². The standard InChI is InChI=1S/C24H33ClFN5O2/c1-24(2,3)33-23(32)30-13-17-10-8-16(9-11-17)12-27-21-20(26)15-29-22(31-21)28-14-18-6-4-5-7-19(18)25/h4-7,15-17H,8-14H2,1-3H3,(H,30,32)(H2,27,28,29,31). The normalized spacial score (nSPS) is 18.5. The number of carbonyl (C=O) groups is 1. The molecule has 1 amide bonds. The number of hydrogen-bond donors (Lipinski definition) is 3. The van der Waals surface area contributed by atoms with Gasteiger partial charge in [-0.3, -0.25) is 0 Å². The second-order valence-corrected chi connectivity index (χ2v) is 9.89. The fourth-order valence-electron chi connectivity index (χ4n) is 3.81. The van der Waals surface area contributed by atoms with Crippen molar-refractivity contribution in [2.45, 2.75) is 58.6 Å². The Kier molecular flexibility index (Phi) is 8.72. The van der Waals surface area contributed by atoms with Gasteiger partial charge in [-0.1, -0.05) is 29.8 Å². The Balaban J connectivity index is 1.42. The molecule has 7 nitrogen and oxygen atoms in total. The van der Waals surface area contributed by atoms with Gasteiger partial charge in [-0.2, -0.15) is 4.98 Å². The number of amides is 1. The second kappa shape index (κ2) is 11.5. The smallest absolute Gasteiger partial charge is 0.407 e.